The number of carbonyl (C=O) groups excluding carboxylic acids is 1. The van der Waals surface area contributed by atoms with Gasteiger partial charge in [0.25, 0.3) is 0 Å². The average molecular weight is 254 g/mol. The first-order chi connectivity index (χ1) is 8.47. The number of carboxylic acid groups (broad SMARTS) is 1. The lowest BCUT2D eigenvalue weighted by molar-refractivity contribution is -0.142. The van der Waals surface area contributed by atoms with Gasteiger partial charge in [-0.1, -0.05) is 13.8 Å². The molecule has 0 radical (unpaired) electrons. The number of rotatable bonds is 8. The molecule has 102 valence electrons. The van der Waals surface area contributed by atoms with E-state index in [4.69, 9.17) is 11.5 Å². The number of hydrogen-bond acceptors (Lipinski definition) is 2. The summed E-state index contributed by atoms with van der Waals surface area (Å²) in [6.07, 6.45) is 6.97. The van der Waals surface area contributed by atoms with Crippen LogP contribution in [0.5, 0.6) is 0 Å². The van der Waals surface area contributed by atoms with Gasteiger partial charge < -0.3 is 15.7 Å². The summed E-state index contributed by atoms with van der Waals surface area (Å²) < 4.78 is 0. The van der Waals surface area contributed by atoms with Crippen LogP contribution in [0.4, 0.5) is 4.79 Å². The minimum absolute atomic E-state index is 0.147. The SMILES string of the molecule is C#CCCCNC(=O)NCC(CC(C)C)C(=O)O. The van der Waals surface area contributed by atoms with Crippen LogP contribution in [0.1, 0.15) is 33.1 Å². The molecule has 5 heteroatoms. The Bertz CT molecular complexity index is 308. The van der Waals surface area contributed by atoms with Gasteiger partial charge in [-0.2, -0.15) is 0 Å². The summed E-state index contributed by atoms with van der Waals surface area (Å²) in [5, 5.41) is 14.2. The molecule has 1 unspecified atom stereocenters. The molecular formula is C13H22N2O3. The minimum atomic E-state index is -0.878. The number of unbranched alkanes of at least 4 members (excludes halogenated alkanes) is 1. The molecule has 2 amide bonds. The number of carboxylic acids is 1. The number of hydrogen-bond donors (Lipinski definition) is 3. The van der Waals surface area contributed by atoms with Crippen LogP contribution < -0.4 is 10.6 Å². The smallest absolute Gasteiger partial charge is 0.314 e. The molecule has 3 N–H and O–H groups in total. The predicted molar refractivity (Wildman–Crippen MR) is 70.0 cm³/mol. The van der Waals surface area contributed by atoms with E-state index in [1.165, 1.54) is 0 Å². The van der Waals surface area contributed by atoms with Gasteiger partial charge in [-0.15, -0.1) is 12.3 Å². The van der Waals surface area contributed by atoms with Crippen LogP contribution in [0.25, 0.3) is 0 Å². The van der Waals surface area contributed by atoms with Crippen LogP contribution >= 0.6 is 0 Å². The summed E-state index contributed by atoms with van der Waals surface area (Å²) in [5.41, 5.74) is 0. The normalized spacial score (nSPS) is 11.7. The summed E-state index contributed by atoms with van der Waals surface area (Å²) in [6.45, 7) is 4.55. The number of amides is 2. The van der Waals surface area contributed by atoms with Gasteiger partial charge >= 0.3 is 12.0 Å². The average Bonchev–Trinajstić information content (AvgIpc) is 2.29. The van der Waals surface area contributed by atoms with Crippen LogP contribution in [0, 0.1) is 24.2 Å². The van der Waals surface area contributed by atoms with Gasteiger partial charge in [0.2, 0.25) is 0 Å². The quantitative estimate of drug-likeness (QED) is 0.453. The van der Waals surface area contributed by atoms with E-state index in [9.17, 15) is 9.59 Å². The van der Waals surface area contributed by atoms with Crippen molar-refractivity contribution in [3.05, 3.63) is 0 Å². The second kappa shape index (κ2) is 9.34. The highest BCUT2D eigenvalue weighted by Crippen LogP contribution is 2.10. The number of aliphatic carboxylic acids is 1. The molecule has 0 heterocycles. The van der Waals surface area contributed by atoms with Crippen molar-refractivity contribution in [2.75, 3.05) is 13.1 Å². The Morgan fingerprint density at radius 1 is 1.33 bits per heavy atom. The van der Waals surface area contributed by atoms with Crippen molar-refractivity contribution in [3.63, 3.8) is 0 Å². The van der Waals surface area contributed by atoms with E-state index in [1.54, 1.807) is 0 Å². The van der Waals surface area contributed by atoms with Gasteiger partial charge in [0.05, 0.1) is 5.92 Å². The van der Waals surface area contributed by atoms with Crippen molar-refractivity contribution in [3.8, 4) is 12.3 Å². The topological polar surface area (TPSA) is 78.4 Å². The van der Waals surface area contributed by atoms with Crippen molar-refractivity contribution in [2.45, 2.75) is 33.1 Å². The molecule has 0 aliphatic rings. The van der Waals surface area contributed by atoms with Crippen molar-refractivity contribution in [2.24, 2.45) is 11.8 Å². The molecule has 0 aliphatic heterocycles. The summed E-state index contributed by atoms with van der Waals surface area (Å²) in [6, 6.07) is -0.345. The van der Waals surface area contributed by atoms with E-state index >= 15 is 0 Å². The largest absolute Gasteiger partial charge is 0.481 e. The molecule has 0 fully saturated rings. The zero-order valence-corrected chi connectivity index (χ0v) is 11.0. The molecule has 1 atom stereocenters. The maximum atomic E-state index is 11.4. The minimum Gasteiger partial charge on any atom is -0.481 e. The van der Waals surface area contributed by atoms with Crippen LogP contribution in [-0.4, -0.2) is 30.2 Å². The Morgan fingerprint density at radius 2 is 2.00 bits per heavy atom. The molecule has 0 saturated heterocycles. The van der Waals surface area contributed by atoms with Gasteiger partial charge in [-0.25, -0.2) is 4.79 Å². The zero-order valence-electron chi connectivity index (χ0n) is 11.0. The van der Waals surface area contributed by atoms with E-state index in [-0.39, 0.29) is 18.5 Å². The molecule has 0 aromatic carbocycles. The second-order valence-corrected chi connectivity index (χ2v) is 4.61. The molecule has 0 aromatic heterocycles. The van der Waals surface area contributed by atoms with Gasteiger partial charge in [0.15, 0.2) is 0 Å². The molecule has 0 rings (SSSR count). The Hall–Kier alpha value is -1.70. The first-order valence-corrected chi connectivity index (χ1v) is 6.15. The second-order valence-electron chi connectivity index (χ2n) is 4.61. The molecule has 5 nitrogen and oxygen atoms in total. The number of urea groups is 1. The fourth-order valence-electron chi connectivity index (χ4n) is 1.51. The first kappa shape index (κ1) is 16.3. The highest BCUT2D eigenvalue weighted by Gasteiger charge is 2.19. The third kappa shape index (κ3) is 8.45. The van der Waals surface area contributed by atoms with Gasteiger partial charge in [0.1, 0.15) is 0 Å². The lowest BCUT2D eigenvalue weighted by atomic mass is 9.97. The maximum Gasteiger partial charge on any atom is 0.314 e. The van der Waals surface area contributed by atoms with E-state index in [0.29, 0.717) is 19.4 Å². The predicted octanol–water partition coefficient (Wildman–Crippen LogP) is 1.45. The standard InChI is InChI=1S/C13H22N2O3/c1-4-5-6-7-14-13(18)15-9-11(12(16)17)8-10(2)3/h1,10-11H,5-9H2,2-3H3,(H,16,17)(H2,14,15,18). The van der Waals surface area contributed by atoms with E-state index < -0.39 is 11.9 Å². The van der Waals surface area contributed by atoms with E-state index in [2.05, 4.69) is 16.6 Å². The van der Waals surface area contributed by atoms with E-state index in [1.807, 2.05) is 13.8 Å². The third-order valence-corrected chi connectivity index (χ3v) is 2.40. The highest BCUT2D eigenvalue weighted by atomic mass is 16.4. The summed E-state index contributed by atoms with van der Waals surface area (Å²) in [4.78, 5) is 22.3. The maximum absolute atomic E-state index is 11.4. The van der Waals surface area contributed by atoms with Crippen LogP contribution in [0.2, 0.25) is 0 Å². The van der Waals surface area contributed by atoms with Crippen molar-refractivity contribution in [1.82, 2.24) is 10.6 Å². The van der Waals surface area contributed by atoms with Gasteiger partial charge in [-0.3, -0.25) is 4.79 Å². The monoisotopic (exact) mass is 254 g/mol. The number of nitrogens with one attached hydrogen (secondary N) is 2. The van der Waals surface area contributed by atoms with Crippen LogP contribution in [0.15, 0.2) is 0 Å². The van der Waals surface area contributed by atoms with Crippen LogP contribution in [-0.2, 0) is 4.79 Å². The molecule has 0 spiro atoms. The lowest BCUT2D eigenvalue weighted by Gasteiger charge is -2.15. The number of carbonyl (C=O) groups is 2. The lowest BCUT2D eigenvalue weighted by Crippen LogP contribution is -2.40. The molecule has 0 aliphatic carbocycles. The zero-order chi connectivity index (χ0) is 14.0. The van der Waals surface area contributed by atoms with Gasteiger partial charge in [0, 0.05) is 19.5 Å². The van der Waals surface area contributed by atoms with Gasteiger partial charge in [-0.05, 0) is 18.8 Å². The van der Waals surface area contributed by atoms with Crippen LogP contribution in [0.3, 0.4) is 0 Å². The molecule has 0 aromatic rings. The summed E-state index contributed by atoms with van der Waals surface area (Å²) >= 11 is 0. The molecule has 18 heavy (non-hydrogen) atoms. The Labute approximate surface area is 108 Å². The third-order valence-electron chi connectivity index (χ3n) is 2.40. The Morgan fingerprint density at radius 3 is 2.50 bits per heavy atom. The van der Waals surface area contributed by atoms with Crippen molar-refractivity contribution < 1.29 is 14.7 Å². The molecule has 0 bridgehead atoms. The summed E-state index contributed by atoms with van der Waals surface area (Å²) in [7, 11) is 0. The Balaban J connectivity index is 3.86. The van der Waals surface area contributed by atoms with Crippen molar-refractivity contribution in [1.29, 1.82) is 0 Å². The fourth-order valence-corrected chi connectivity index (χ4v) is 1.51. The highest BCUT2D eigenvalue weighted by molar-refractivity contribution is 5.75. The number of terminal acetylenes is 1. The molecular weight excluding hydrogens is 232 g/mol. The van der Waals surface area contributed by atoms with E-state index in [0.717, 1.165) is 6.42 Å². The van der Waals surface area contributed by atoms with Crippen molar-refractivity contribution >= 4 is 12.0 Å². The fraction of sp³-hybridized carbons (Fsp3) is 0.692. The Kier molecular flexibility index (Phi) is 8.46. The molecule has 0 saturated carbocycles. The first-order valence-electron chi connectivity index (χ1n) is 6.15. The summed E-state index contributed by atoms with van der Waals surface area (Å²) in [5.74, 6) is 1.34.